The van der Waals surface area contributed by atoms with E-state index < -0.39 is 11.6 Å². The zero-order valence-corrected chi connectivity index (χ0v) is 23.0. The molecular formula is C30H35N5O4. The van der Waals surface area contributed by atoms with Crippen LogP contribution in [0, 0.1) is 0 Å². The molecule has 1 heterocycles. The van der Waals surface area contributed by atoms with E-state index >= 15 is 0 Å². The van der Waals surface area contributed by atoms with Gasteiger partial charge in [0.15, 0.2) is 0 Å². The smallest absolute Gasteiger partial charge is 0.249 e. The van der Waals surface area contributed by atoms with Crippen molar-refractivity contribution in [3.05, 3.63) is 78.4 Å². The van der Waals surface area contributed by atoms with Crippen LogP contribution in [0.1, 0.15) is 46.2 Å². The van der Waals surface area contributed by atoms with E-state index in [1.54, 1.807) is 28.9 Å². The Morgan fingerprint density at radius 3 is 2.08 bits per heavy atom. The number of rotatable bonds is 10. The Hall–Kier alpha value is -4.40. The van der Waals surface area contributed by atoms with Crippen molar-refractivity contribution in [1.29, 1.82) is 0 Å². The van der Waals surface area contributed by atoms with E-state index in [9.17, 15) is 9.59 Å². The molecule has 0 aliphatic carbocycles. The minimum atomic E-state index is -0.958. The second kappa shape index (κ2) is 12.0. The average Bonchev–Trinajstić information content (AvgIpc) is 3.30. The van der Waals surface area contributed by atoms with E-state index in [2.05, 4.69) is 15.6 Å². The lowest BCUT2D eigenvalue weighted by Gasteiger charge is -2.34. The lowest BCUT2D eigenvalue weighted by atomic mass is 10.0. The number of hydrogen-bond acceptors (Lipinski definition) is 6. The van der Waals surface area contributed by atoms with Crippen molar-refractivity contribution in [3.63, 3.8) is 0 Å². The number of aromatic nitrogens is 3. The predicted octanol–water partition coefficient (Wildman–Crippen LogP) is 4.92. The van der Waals surface area contributed by atoms with Crippen molar-refractivity contribution in [2.24, 2.45) is 0 Å². The molecule has 0 saturated heterocycles. The number of anilines is 1. The molecule has 9 nitrogen and oxygen atoms in total. The highest BCUT2D eigenvalue weighted by Crippen LogP contribution is 2.31. The molecule has 1 N–H and O–H groups in total. The molecule has 2 amide bonds. The summed E-state index contributed by atoms with van der Waals surface area (Å²) in [4.78, 5) is 29.5. The minimum absolute atomic E-state index is 0.107. The van der Waals surface area contributed by atoms with Crippen molar-refractivity contribution in [2.45, 2.75) is 52.7 Å². The van der Waals surface area contributed by atoms with Gasteiger partial charge in [-0.05, 0) is 88.7 Å². The molecular weight excluding hydrogens is 494 g/mol. The van der Waals surface area contributed by atoms with Crippen LogP contribution in [0.25, 0.3) is 11.0 Å². The topological polar surface area (TPSA) is 98.6 Å². The predicted molar refractivity (Wildman–Crippen MR) is 151 cm³/mol. The van der Waals surface area contributed by atoms with Crippen molar-refractivity contribution in [3.8, 4) is 11.5 Å². The maximum Gasteiger partial charge on any atom is 0.249 e. The standard InChI is InChI=1S/C30H35N5O4/c1-6-38-23-16-12-21(13-17-23)28(29(37)31-30(3,4)5)35(22-14-18-24(19-15-22)39-7-2)27(36)20-34-26-11-9-8-10-25(26)32-33-34/h8-19,28H,6-7,20H2,1-5H3,(H,31,37). The summed E-state index contributed by atoms with van der Waals surface area (Å²) in [5.41, 5.74) is 2.10. The quantitative estimate of drug-likeness (QED) is 0.313. The normalized spacial score (nSPS) is 12.1. The van der Waals surface area contributed by atoms with Crippen LogP contribution in [0.4, 0.5) is 5.69 Å². The van der Waals surface area contributed by atoms with Crippen molar-refractivity contribution in [2.75, 3.05) is 18.1 Å². The monoisotopic (exact) mass is 529 g/mol. The van der Waals surface area contributed by atoms with Gasteiger partial charge < -0.3 is 14.8 Å². The lowest BCUT2D eigenvalue weighted by molar-refractivity contribution is -0.128. The third kappa shape index (κ3) is 6.73. The number of fused-ring (bicyclic) bond motifs is 1. The minimum Gasteiger partial charge on any atom is -0.494 e. The molecule has 1 aromatic heterocycles. The first kappa shape index (κ1) is 27.6. The molecule has 3 aromatic carbocycles. The summed E-state index contributed by atoms with van der Waals surface area (Å²) >= 11 is 0. The molecule has 0 bridgehead atoms. The van der Waals surface area contributed by atoms with Gasteiger partial charge in [0.1, 0.15) is 29.6 Å². The summed E-state index contributed by atoms with van der Waals surface area (Å²) in [6.45, 7) is 10.5. The second-order valence-corrected chi connectivity index (χ2v) is 10.1. The molecule has 0 aliphatic rings. The zero-order chi connectivity index (χ0) is 28.0. The Morgan fingerprint density at radius 1 is 0.897 bits per heavy atom. The van der Waals surface area contributed by atoms with Gasteiger partial charge in [0.2, 0.25) is 11.8 Å². The molecule has 0 fully saturated rings. The fourth-order valence-corrected chi connectivity index (χ4v) is 4.31. The molecule has 4 rings (SSSR count). The summed E-state index contributed by atoms with van der Waals surface area (Å²) in [5, 5.41) is 11.4. The zero-order valence-electron chi connectivity index (χ0n) is 23.0. The average molecular weight is 530 g/mol. The highest BCUT2D eigenvalue weighted by molar-refractivity contribution is 6.01. The van der Waals surface area contributed by atoms with Crippen LogP contribution < -0.4 is 19.7 Å². The van der Waals surface area contributed by atoms with Crippen molar-refractivity contribution >= 4 is 28.5 Å². The van der Waals surface area contributed by atoms with Gasteiger partial charge in [-0.15, -0.1) is 5.10 Å². The highest BCUT2D eigenvalue weighted by Gasteiger charge is 2.35. The number of carbonyl (C=O) groups is 2. The van der Waals surface area contributed by atoms with E-state index in [1.807, 2.05) is 83.1 Å². The van der Waals surface area contributed by atoms with E-state index in [-0.39, 0.29) is 18.4 Å². The number of para-hydroxylation sites is 1. The van der Waals surface area contributed by atoms with Crippen molar-refractivity contribution in [1.82, 2.24) is 20.3 Å². The fraction of sp³-hybridized carbons (Fsp3) is 0.333. The molecule has 0 radical (unpaired) electrons. The van der Waals surface area contributed by atoms with Gasteiger partial charge in [-0.3, -0.25) is 14.5 Å². The molecule has 0 spiro atoms. The van der Waals surface area contributed by atoms with Crippen LogP contribution in [-0.4, -0.2) is 45.6 Å². The number of nitrogens with one attached hydrogen (secondary N) is 1. The van der Waals surface area contributed by atoms with Gasteiger partial charge in [-0.1, -0.05) is 29.5 Å². The molecule has 0 aliphatic heterocycles. The molecule has 1 unspecified atom stereocenters. The van der Waals surface area contributed by atoms with Crippen LogP contribution in [0.2, 0.25) is 0 Å². The molecule has 39 heavy (non-hydrogen) atoms. The van der Waals surface area contributed by atoms with Crippen molar-refractivity contribution < 1.29 is 19.1 Å². The SMILES string of the molecule is CCOc1ccc(C(C(=O)NC(C)(C)C)N(C(=O)Cn2nnc3ccccc32)c2ccc(OCC)cc2)cc1. The van der Waals surface area contributed by atoms with E-state index in [4.69, 9.17) is 9.47 Å². The molecule has 204 valence electrons. The fourth-order valence-electron chi connectivity index (χ4n) is 4.31. The van der Waals surface area contributed by atoms with Gasteiger partial charge in [0.25, 0.3) is 0 Å². The van der Waals surface area contributed by atoms with Crippen LogP contribution in [0.3, 0.4) is 0 Å². The van der Waals surface area contributed by atoms with E-state index in [1.165, 1.54) is 4.90 Å². The summed E-state index contributed by atoms with van der Waals surface area (Å²) in [7, 11) is 0. The molecule has 1 atom stereocenters. The Bertz CT molecular complexity index is 1410. The number of amides is 2. The van der Waals surface area contributed by atoms with E-state index in [0.29, 0.717) is 41.5 Å². The van der Waals surface area contributed by atoms with Gasteiger partial charge in [0, 0.05) is 11.2 Å². The summed E-state index contributed by atoms with van der Waals surface area (Å²) < 4.78 is 12.8. The lowest BCUT2D eigenvalue weighted by Crippen LogP contribution is -2.50. The van der Waals surface area contributed by atoms with Crippen LogP contribution in [-0.2, 0) is 16.1 Å². The largest absolute Gasteiger partial charge is 0.494 e. The van der Waals surface area contributed by atoms with Gasteiger partial charge >= 0.3 is 0 Å². The molecule has 4 aromatic rings. The molecule has 0 saturated carbocycles. The van der Waals surface area contributed by atoms with Gasteiger partial charge in [-0.2, -0.15) is 0 Å². The number of hydrogen-bond donors (Lipinski definition) is 1. The first-order valence-electron chi connectivity index (χ1n) is 13.1. The maximum absolute atomic E-state index is 14.1. The molecule has 9 heteroatoms. The summed E-state index contributed by atoms with van der Waals surface area (Å²) in [6.07, 6.45) is 0. The Kier molecular flexibility index (Phi) is 8.49. The first-order chi connectivity index (χ1) is 18.7. The summed E-state index contributed by atoms with van der Waals surface area (Å²) in [5.74, 6) is 0.729. The number of nitrogens with zero attached hydrogens (tertiary/aromatic N) is 4. The Labute approximate surface area is 228 Å². The second-order valence-electron chi connectivity index (χ2n) is 10.1. The van der Waals surface area contributed by atoms with Gasteiger partial charge in [-0.25, -0.2) is 4.68 Å². The highest BCUT2D eigenvalue weighted by atomic mass is 16.5. The van der Waals surface area contributed by atoms with Gasteiger partial charge in [0.05, 0.1) is 18.7 Å². The first-order valence-corrected chi connectivity index (χ1v) is 13.1. The number of carbonyl (C=O) groups excluding carboxylic acids is 2. The number of ether oxygens (including phenoxy) is 2. The third-order valence-corrected chi connectivity index (χ3v) is 5.91. The Morgan fingerprint density at radius 2 is 1.49 bits per heavy atom. The van der Waals surface area contributed by atoms with Crippen LogP contribution in [0.5, 0.6) is 11.5 Å². The maximum atomic E-state index is 14.1. The van der Waals surface area contributed by atoms with E-state index in [0.717, 1.165) is 5.52 Å². The van der Waals surface area contributed by atoms with Crippen LogP contribution >= 0.6 is 0 Å². The Balaban J connectivity index is 1.80. The number of benzene rings is 3. The van der Waals surface area contributed by atoms with Crippen LogP contribution in [0.15, 0.2) is 72.8 Å². The summed E-state index contributed by atoms with van der Waals surface area (Å²) in [6, 6.07) is 20.9. The third-order valence-electron chi connectivity index (χ3n) is 5.91.